The van der Waals surface area contributed by atoms with E-state index in [1.807, 2.05) is 18.2 Å². The fourth-order valence-corrected chi connectivity index (χ4v) is 2.85. The topological polar surface area (TPSA) is 43.1 Å². The Labute approximate surface area is 124 Å². The van der Waals surface area contributed by atoms with Crippen LogP contribution in [0.2, 0.25) is 10.0 Å². The van der Waals surface area contributed by atoms with Crippen molar-refractivity contribution in [2.45, 2.75) is 10.6 Å². The highest BCUT2D eigenvalue weighted by Gasteiger charge is 2.12. The molecule has 6 heteroatoms. The molecular weight excluding hydrogens is 305 g/mol. The first-order chi connectivity index (χ1) is 9.06. The molecule has 0 unspecified atom stereocenters. The van der Waals surface area contributed by atoms with Gasteiger partial charge >= 0.3 is 0 Å². The van der Waals surface area contributed by atoms with Crippen LogP contribution in [0.25, 0.3) is 0 Å². The molecule has 0 heterocycles. The minimum atomic E-state index is -0.476. The summed E-state index contributed by atoms with van der Waals surface area (Å²) in [4.78, 5) is 11.3. The maximum atomic E-state index is 10.8. The zero-order valence-electron chi connectivity index (χ0n) is 9.68. The Balaban J connectivity index is 2.12. The summed E-state index contributed by atoms with van der Waals surface area (Å²) in [6.07, 6.45) is 0. The fraction of sp³-hybridized carbons (Fsp3) is 0.0769. The summed E-state index contributed by atoms with van der Waals surface area (Å²) in [5, 5.41) is 11.6. The predicted molar refractivity (Wildman–Crippen MR) is 79.1 cm³/mol. The molecule has 0 atom stereocenters. The van der Waals surface area contributed by atoms with Gasteiger partial charge in [-0.3, -0.25) is 10.1 Å². The lowest BCUT2D eigenvalue weighted by molar-refractivity contribution is -0.384. The van der Waals surface area contributed by atoms with E-state index in [2.05, 4.69) is 0 Å². The number of rotatable bonds is 4. The first kappa shape index (κ1) is 14.2. The summed E-state index contributed by atoms with van der Waals surface area (Å²) >= 11 is 13.2. The second-order valence-corrected chi connectivity index (χ2v) is 5.68. The highest BCUT2D eigenvalue weighted by Crippen LogP contribution is 2.29. The Bertz CT molecular complexity index is 619. The summed E-state index contributed by atoms with van der Waals surface area (Å²) in [5.74, 6) is 0.623. The molecule has 19 heavy (non-hydrogen) atoms. The van der Waals surface area contributed by atoms with Crippen molar-refractivity contribution in [1.82, 2.24) is 0 Å². The quantitative estimate of drug-likeness (QED) is 0.443. The van der Waals surface area contributed by atoms with Gasteiger partial charge in [-0.15, -0.1) is 11.8 Å². The molecule has 0 aliphatic rings. The molecule has 0 saturated heterocycles. The van der Waals surface area contributed by atoms with Gasteiger partial charge in [0.2, 0.25) is 0 Å². The van der Waals surface area contributed by atoms with Gasteiger partial charge in [-0.25, -0.2) is 0 Å². The van der Waals surface area contributed by atoms with Crippen molar-refractivity contribution in [3.63, 3.8) is 0 Å². The van der Waals surface area contributed by atoms with E-state index >= 15 is 0 Å². The summed E-state index contributed by atoms with van der Waals surface area (Å²) in [6, 6.07) is 12.3. The van der Waals surface area contributed by atoms with E-state index in [-0.39, 0.29) is 10.7 Å². The van der Waals surface area contributed by atoms with Crippen LogP contribution in [0, 0.1) is 10.1 Å². The summed E-state index contributed by atoms with van der Waals surface area (Å²) in [7, 11) is 0. The molecule has 0 fully saturated rings. The molecule has 0 aliphatic heterocycles. The second kappa shape index (κ2) is 6.28. The number of nitro benzene ring substituents is 1. The average molecular weight is 314 g/mol. The SMILES string of the molecule is O=[N+]([O-])c1cc(CSc2cccc(Cl)c2)ccc1Cl. The van der Waals surface area contributed by atoms with Gasteiger partial charge in [0.1, 0.15) is 5.02 Å². The average Bonchev–Trinajstić information content (AvgIpc) is 2.37. The van der Waals surface area contributed by atoms with Crippen molar-refractivity contribution in [2.75, 3.05) is 0 Å². The Morgan fingerprint density at radius 1 is 1.16 bits per heavy atom. The van der Waals surface area contributed by atoms with Gasteiger partial charge in [0.15, 0.2) is 0 Å². The molecule has 0 aromatic heterocycles. The third-order valence-electron chi connectivity index (χ3n) is 2.41. The molecule has 0 bridgehead atoms. The fourth-order valence-electron chi connectivity index (χ4n) is 1.51. The van der Waals surface area contributed by atoms with Crippen LogP contribution in [0.15, 0.2) is 47.4 Å². The first-order valence-electron chi connectivity index (χ1n) is 5.37. The van der Waals surface area contributed by atoms with Crippen LogP contribution in [0.3, 0.4) is 0 Å². The van der Waals surface area contributed by atoms with E-state index in [1.165, 1.54) is 6.07 Å². The van der Waals surface area contributed by atoms with Crippen LogP contribution in [-0.2, 0) is 5.75 Å². The minimum Gasteiger partial charge on any atom is -0.258 e. The molecule has 98 valence electrons. The maximum Gasteiger partial charge on any atom is 0.288 e. The van der Waals surface area contributed by atoms with Crippen molar-refractivity contribution in [2.24, 2.45) is 0 Å². The van der Waals surface area contributed by atoms with Crippen LogP contribution in [0.5, 0.6) is 0 Å². The van der Waals surface area contributed by atoms with Crippen LogP contribution >= 0.6 is 35.0 Å². The van der Waals surface area contributed by atoms with Crippen LogP contribution < -0.4 is 0 Å². The number of benzene rings is 2. The monoisotopic (exact) mass is 313 g/mol. The zero-order valence-corrected chi connectivity index (χ0v) is 12.0. The van der Waals surface area contributed by atoms with E-state index in [9.17, 15) is 10.1 Å². The van der Waals surface area contributed by atoms with Crippen LogP contribution in [-0.4, -0.2) is 4.92 Å². The molecule has 3 nitrogen and oxygen atoms in total. The van der Waals surface area contributed by atoms with Crippen molar-refractivity contribution < 1.29 is 4.92 Å². The molecular formula is C13H9Cl2NO2S. The van der Waals surface area contributed by atoms with Gasteiger partial charge in [-0.05, 0) is 29.8 Å². The Morgan fingerprint density at radius 2 is 1.95 bits per heavy atom. The van der Waals surface area contributed by atoms with E-state index in [4.69, 9.17) is 23.2 Å². The molecule has 0 spiro atoms. The number of hydrogen-bond acceptors (Lipinski definition) is 3. The molecule has 0 aliphatic carbocycles. The van der Waals surface area contributed by atoms with Crippen molar-refractivity contribution in [3.8, 4) is 0 Å². The predicted octanol–water partition coefficient (Wildman–Crippen LogP) is 5.19. The zero-order chi connectivity index (χ0) is 13.8. The third kappa shape index (κ3) is 3.86. The Kier molecular flexibility index (Phi) is 4.69. The lowest BCUT2D eigenvalue weighted by Crippen LogP contribution is -1.91. The Morgan fingerprint density at radius 3 is 2.63 bits per heavy atom. The van der Waals surface area contributed by atoms with Crippen molar-refractivity contribution in [3.05, 3.63) is 68.2 Å². The molecule has 2 aromatic rings. The third-order valence-corrected chi connectivity index (χ3v) is 4.03. The molecule has 2 rings (SSSR count). The number of hydrogen-bond donors (Lipinski definition) is 0. The van der Waals surface area contributed by atoms with Gasteiger partial charge in [0.25, 0.3) is 5.69 Å². The summed E-state index contributed by atoms with van der Waals surface area (Å²) in [5.41, 5.74) is 0.784. The molecule has 0 radical (unpaired) electrons. The first-order valence-corrected chi connectivity index (χ1v) is 7.11. The van der Waals surface area contributed by atoms with Gasteiger partial charge in [-0.2, -0.15) is 0 Å². The minimum absolute atomic E-state index is 0.0640. The molecule has 0 saturated carbocycles. The van der Waals surface area contributed by atoms with E-state index in [0.717, 1.165) is 10.5 Å². The molecule has 0 amide bonds. The molecule has 0 N–H and O–H groups in total. The summed E-state index contributed by atoms with van der Waals surface area (Å²) < 4.78 is 0. The second-order valence-electron chi connectivity index (χ2n) is 3.79. The maximum absolute atomic E-state index is 10.8. The summed E-state index contributed by atoms with van der Waals surface area (Å²) in [6.45, 7) is 0. The number of nitrogens with zero attached hydrogens (tertiary/aromatic N) is 1. The largest absolute Gasteiger partial charge is 0.288 e. The van der Waals surface area contributed by atoms with Gasteiger partial charge in [0.05, 0.1) is 4.92 Å². The lowest BCUT2D eigenvalue weighted by atomic mass is 10.2. The number of nitro groups is 1. The van der Waals surface area contributed by atoms with Gasteiger partial charge < -0.3 is 0 Å². The normalized spacial score (nSPS) is 10.4. The standard InChI is InChI=1S/C13H9Cl2NO2S/c14-10-2-1-3-11(7-10)19-8-9-4-5-12(15)13(6-9)16(17)18/h1-7H,8H2. The number of thioether (sulfide) groups is 1. The van der Waals surface area contributed by atoms with E-state index in [0.29, 0.717) is 10.8 Å². The Hall–Kier alpha value is -1.23. The van der Waals surface area contributed by atoms with Gasteiger partial charge in [-0.1, -0.05) is 35.3 Å². The van der Waals surface area contributed by atoms with Crippen molar-refractivity contribution >= 4 is 40.7 Å². The van der Waals surface area contributed by atoms with Crippen LogP contribution in [0.1, 0.15) is 5.56 Å². The highest BCUT2D eigenvalue weighted by molar-refractivity contribution is 7.98. The number of halogens is 2. The smallest absolute Gasteiger partial charge is 0.258 e. The van der Waals surface area contributed by atoms with E-state index < -0.39 is 4.92 Å². The van der Waals surface area contributed by atoms with Gasteiger partial charge in [0, 0.05) is 21.7 Å². The molecule has 2 aromatic carbocycles. The van der Waals surface area contributed by atoms with Crippen molar-refractivity contribution in [1.29, 1.82) is 0 Å². The van der Waals surface area contributed by atoms with Crippen LogP contribution in [0.4, 0.5) is 5.69 Å². The lowest BCUT2D eigenvalue weighted by Gasteiger charge is -2.03. The van der Waals surface area contributed by atoms with E-state index in [1.54, 1.807) is 30.0 Å². The highest BCUT2D eigenvalue weighted by atomic mass is 35.5.